The van der Waals surface area contributed by atoms with E-state index in [1.54, 1.807) is 36.4 Å². The molecule has 0 amide bonds. The Hall–Kier alpha value is -1.75. The molecule has 0 bridgehead atoms. The number of aliphatic hydroxyl groups is 1. The summed E-state index contributed by atoms with van der Waals surface area (Å²) < 4.78 is 5.36. The zero-order valence-corrected chi connectivity index (χ0v) is 11.3. The number of carbonyl (C=O) groups is 1. The summed E-state index contributed by atoms with van der Waals surface area (Å²) in [7, 11) is 0. The fourth-order valence-corrected chi connectivity index (χ4v) is 2.01. The molecule has 0 fully saturated rings. The van der Waals surface area contributed by atoms with Crippen LogP contribution in [0, 0.1) is 0 Å². The molecule has 0 radical (unpaired) electrons. The first kappa shape index (κ1) is 14.7. The number of benzene rings is 1. The van der Waals surface area contributed by atoms with Gasteiger partial charge in [-0.05, 0) is 19.0 Å². The van der Waals surface area contributed by atoms with Crippen molar-refractivity contribution < 1.29 is 14.6 Å². The summed E-state index contributed by atoms with van der Waals surface area (Å²) in [5.74, 6) is -1.55. The monoisotopic (exact) mass is 273 g/mol. The SMILES string of the molecule is NCCC1=CCC(O)(OCC(=O)c2ccccc2)C=C1. The standard InChI is InChI=1S/C16H19NO3/c17-11-8-13-6-9-16(19,10-7-13)20-12-15(18)14-4-2-1-3-5-14/h1-7,9,19H,8,10-12,17H2. The van der Waals surface area contributed by atoms with Crippen molar-refractivity contribution in [3.05, 3.63) is 59.7 Å². The van der Waals surface area contributed by atoms with Gasteiger partial charge in [0.25, 0.3) is 0 Å². The summed E-state index contributed by atoms with van der Waals surface area (Å²) >= 11 is 0. The average molecular weight is 273 g/mol. The second-order valence-corrected chi connectivity index (χ2v) is 4.78. The molecule has 1 aromatic carbocycles. The summed E-state index contributed by atoms with van der Waals surface area (Å²) in [5.41, 5.74) is 7.13. The van der Waals surface area contributed by atoms with Gasteiger partial charge in [0, 0.05) is 12.0 Å². The molecule has 1 aliphatic rings. The van der Waals surface area contributed by atoms with Crippen LogP contribution in [-0.4, -0.2) is 29.8 Å². The van der Waals surface area contributed by atoms with Crippen LogP contribution in [0.5, 0.6) is 0 Å². The largest absolute Gasteiger partial charge is 0.362 e. The lowest BCUT2D eigenvalue weighted by Crippen LogP contribution is -2.33. The summed E-state index contributed by atoms with van der Waals surface area (Å²) in [4.78, 5) is 11.9. The summed E-state index contributed by atoms with van der Waals surface area (Å²) in [6.07, 6.45) is 6.37. The molecule has 0 saturated carbocycles. The molecule has 0 heterocycles. The van der Waals surface area contributed by atoms with E-state index in [9.17, 15) is 9.90 Å². The Bertz CT molecular complexity index is 522. The first-order chi connectivity index (χ1) is 9.63. The minimum atomic E-state index is -1.40. The number of nitrogens with two attached hydrogens (primary N) is 1. The molecule has 1 atom stereocenters. The van der Waals surface area contributed by atoms with Crippen LogP contribution in [0.2, 0.25) is 0 Å². The number of ketones is 1. The molecule has 0 aliphatic heterocycles. The molecular weight excluding hydrogens is 254 g/mol. The Morgan fingerprint density at radius 3 is 2.70 bits per heavy atom. The van der Waals surface area contributed by atoms with Crippen molar-refractivity contribution in [1.29, 1.82) is 0 Å². The van der Waals surface area contributed by atoms with E-state index in [0.717, 1.165) is 12.0 Å². The molecule has 4 heteroatoms. The van der Waals surface area contributed by atoms with E-state index in [4.69, 9.17) is 10.5 Å². The van der Waals surface area contributed by atoms with E-state index in [1.165, 1.54) is 0 Å². The van der Waals surface area contributed by atoms with E-state index in [1.807, 2.05) is 12.1 Å². The Kier molecular flexibility index (Phi) is 4.84. The molecule has 0 saturated heterocycles. The predicted molar refractivity (Wildman–Crippen MR) is 77.2 cm³/mol. The van der Waals surface area contributed by atoms with E-state index >= 15 is 0 Å². The Labute approximate surface area is 118 Å². The number of carbonyl (C=O) groups excluding carboxylic acids is 1. The van der Waals surface area contributed by atoms with Crippen LogP contribution in [0.15, 0.2) is 54.1 Å². The molecule has 1 aliphatic carbocycles. The number of Topliss-reactive ketones (excluding diaryl/α,β-unsaturated/α-hetero) is 1. The lowest BCUT2D eigenvalue weighted by molar-refractivity contribution is -0.156. The van der Waals surface area contributed by atoms with Crippen molar-refractivity contribution in [2.75, 3.05) is 13.2 Å². The topological polar surface area (TPSA) is 72.6 Å². The third-order valence-corrected chi connectivity index (χ3v) is 3.20. The van der Waals surface area contributed by atoms with Gasteiger partial charge in [-0.2, -0.15) is 0 Å². The van der Waals surface area contributed by atoms with Crippen molar-refractivity contribution in [3.63, 3.8) is 0 Å². The van der Waals surface area contributed by atoms with Crippen LogP contribution in [-0.2, 0) is 4.74 Å². The van der Waals surface area contributed by atoms with Crippen LogP contribution in [0.1, 0.15) is 23.2 Å². The zero-order valence-electron chi connectivity index (χ0n) is 11.3. The van der Waals surface area contributed by atoms with Gasteiger partial charge < -0.3 is 15.6 Å². The van der Waals surface area contributed by atoms with Gasteiger partial charge in [0.2, 0.25) is 0 Å². The third kappa shape index (κ3) is 3.87. The molecule has 3 N–H and O–H groups in total. The fourth-order valence-electron chi connectivity index (χ4n) is 2.01. The van der Waals surface area contributed by atoms with E-state index in [0.29, 0.717) is 18.5 Å². The highest BCUT2D eigenvalue weighted by Gasteiger charge is 2.26. The average Bonchev–Trinajstić information content (AvgIpc) is 2.49. The van der Waals surface area contributed by atoms with E-state index < -0.39 is 5.79 Å². The van der Waals surface area contributed by atoms with Crippen LogP contribution >= 0.6 is 0 Å². The highest BCUT2D eigenvalue weighted by molar-refractivity contribution is 5.97. The number of rotatable bonds is 6. The maximum absolute atomic E-state index is 11.9. The number of hydrogen-bond donors (Lipinski definition) is 2. The predicted octanol–water partition coefficient (Wildman–Crippen LogP) is 1.81. The smallest absolute Gasteiger partial charge is 0.189 e. The van der Waals surface area contributed by atoms with Crippen molar-refractivity contribution in [2.24, 2.45) is 5.73 Å². The normalized spacial score (nSPS) is 21.6. The first-order valence-electron chi connectivity index (χ1n) is 6.66. The van der Waals surface area contributed by atoms with Gasteiger partial charge in [0.05, 0.1) is 0 Å². The fraction of sp³-hybridized carbons (Fsp3) is 0.312. The van der Waals surface area contributed by atoms with Gasteiger partial charge in [0.15, 0.2) is 11.6 Å². The third-order valence-electron chi connectivity index (χ3n) is 3.20. The second kappa shape index (κ2) is 6.61. The summed E-state index contributed by atoms with van der Waals surface area (Å²) in [6, 6.07) is 8.89. The maximum Gasteiger partial charge on any atom is 0.189 e. The van der Waals surface area contributed by atoms with E-state index in [2.05, 4.69) is 0 Å². The highest BCUT2D eigenvalue weighted by Crippen LogP contribution is 2.23. The maximum atomic E-state index is 11.9. The van der Waals surface area contributed by atoms with Gasteiger partial charge in [-0.3, -0.25) is 4.79 Å². The summed E-state index contributed by atoms with van der Waals surface area (Å²) in [5, 5.41) is 10.2. The minimum absolute atomic E-state index is 0.148. The molecule has 0 aromatic heterocycles. The van der Waals surface area contributed by atoms with Crippen molar-refractivity contribution in [1.82, 2.24) is 0 Å². The van der Waals surface area contributed by atoms with Crippen LogP contribution in [0.3, 0.4) is 0 Å². The zero-order chi connectivity index (χ0) is 14.4. The lowest BCUT2D eigenvalue weighted by atomic mass is 10.00. The number of ether oxygens (including phenoxy) is 1. The van der Waals surface area contributed by atoms with Gasteiger partial charge in [-0.1, -0.05) is 48.1 Å². The number of allylic oxidation sites excluding steroid dienone is 1. The van der Waals surface area contributed by atoms with Crippen molar-refractivity contribution >= 4 is 5.78 Å². The lowest BCUT2D eigenvalue weighted by Gasteiger charge is -2.26. The van der Waals surface area contributed by atoms with Crippen molar-refractivity contribution in [2.45, 2.75) is 18.6 Å². The molecule has 1 aromatic rings. The first-order valence-corrected chi connectivity index (χ1v) is 6.66. The Balaban J connectivity index is 1.89. The van der Waals surface area contributed by atoms with Gasteiger partial charge >= 0.3 is 0 Å². The molecular formula is C16H19NO3. The van der Waals surface area contributed by atoms with Gasteiger partial charge in [-0.25, -0.2) is 0 Å². The van der Waals surface area contributed by atoms with Gasteiger partial charge in [-0.15, -0.1) is 0 Å². The molecule has 20 heavy (non-hydrogen) atoms. The van der Waals surface area contributed by atoms with Crippen molar-refractivity contribution in [3.8, 4) is 0 Å². The minimum Gasteiger partial charge on any atom is -0.362 e. The Morgan fingerprint density at radius 1 is 1.35 bits per heavy atom. The molecule has 106 valence electrons. The van der Waals surface area contributed by atoms with Crippen LogP contribution in [0.4, 0.5) is 0 Å². The van der Waals surface area contributed by atoms with Crippen LogP contribution in [0.25, 0.3) is 0 Å². The molecule has 2 rings (SSSR count). The molecule has 0 spiro atoms. The molecule has 4 nitrogen and oxygen atoms in total. The van der Waals surface area contributed by atoms with E-state index in [-0.39, 0.29) is 12.4 Å². The second-order valence-electron chi connectivity index (χ2n) is 4.78. The van der Waals surface area contributed by atoms with Crippen LogP contribution < -0.4 is 5.73 Å². The Morgan fingerprint density at radius 2 is 2.10 bits per heavy atom. The van der Waals surface area contributed by atoms with Gasteiger partial charge in [0.1, 0.15) is 6.61 Å². The summed E-state index contributed by atoms with van der Waals surface area (Å²) in [6.45, 7) is 0.423. The highest BCUT2D eigenvalue weighted by atomic mass is 16.6. The molecule has 1 unspecified atom stereocenters. The quantitative estimate of drug-likeness (QED) is 0.612. The number of hydrogen-bond acceptors (Lipinski definition) is 4.